The minimum atomic E-state index is -0.0569. The van der Waals surface area contributed by atoms with Crippen molar-refractivity contribution in [3.8, 4) is 11.1 Å². The summed E-state index contributed by atoms with van der Waals surface area (Å²) in [6.45, 7) is 7.92. The van der Waals surface area contributed by atoms with Crippen LogP contribution in [0.15, 0.2) is 60.2 Å². The van der Waals surface area contributed by atoms with Gasteiger partial charge in [0.1, 0.15) is 5.52 Å². The first kappa shape index (κ1) is 21.1. The lowest BCUT2D eigenvalue weighted by Crippen LogP contribution is -2.49. The van der Waals surface area contributed by atoms with Gasteiger partial charge in [-0.3, -0.25) is 14.5 Å². The summed E-state index contributed by atoms with van der Waals surface area (Å²) in [6.07, 6.45) is 6.14. The molecule has 1 aliphatic rings. The minimum Gasteiger partial charge on any atom is -0.395 e. The van der Waals surface area contributed by atoms with Crippen LogP contribution in [0, 0.1) is 0 Å². The highest BCUT2D eigenvalue weighted by Crippen LogP contribution is 2.27. The molecule has 7 heteroatoms. The Kier molecular flexibility index (Phi) is 6.34. The summed E-state index contributed by atoms with van der Waals surface area (Å²) in [6, 6.07) is 9.52. The molecule has 0 spiro atoms. The van der Waals surface area contributed by atoms with E-state index in [4.69, 9.17) is 5.11 Å². The Labute approximate surface area is 181 Å². The van der Waals surface area contributed by atoms with Gasteiger partial charge in [-0.1, -0.05) is 18.2 Å². The number of benzene rings is 1. The molecule has 1 fully saturated rings. The summed E-state index contributed by atoms with van der Waals surface area (Å²) in [5.41, 5.74) is 2.97. The molecule has 31 heavy (non-hydrogen) atoms. The van der Waals surface area contributed by atoms with E-state index in [1.807, 2.05) is 41.4 Å². The molecule has 0 bridgehead atoms. The highest BCUT2D eigenvalue weighted by molar-refractivity contribution is 5.98. The van der Waals surface area contributed by atoms with Gasteiger partial charge in [0.2, 0.25) is 0 Å². The predicted molar refractivity (Wildman–Crippen MR) is 122 cm³/mol. The van der Waals surface area contributed by atoms with Crippen LogP contribution in [0.1, 0.15) is 16.8 Å². The average Bonchev–Trinajstić information content (AvgIpc) is 3.29. The van der Waals surface area contributed by atoms with Crippen LogP contribution in [-0.2, 0) is 6.54 Å². The highest BCUT2D eigenvalue weighted by atomic mass is 16.3. The van der Waals surface area contributed by atoms with Crippen molar-refractivity contribution in [2.45, 2.75) is 13.0 Å². The van der Waals surface area contributed by atoms with E-state index in [0.29, 0.717) is 43.7 Å². The zero-order valence-corrected chi connectivity index (χ0v) is 17.6. The molecule has 1 aromatic carbocycles. The number of aliphatic hydroxyl groups excluding tert-OH is 1. The first-order valence-electron chi connectivity index (χ1n) is 10.7. The Balaban J connectivity index is 1.64. The largest absolute Gasteiger partial charge is 0.395 e. The summed E-state index contributed by atoms with van der Waals surface area (Å²) in [5.74, 6) is 0.00999. The molecule has 3 aromatic rings. The van der Waals surface area contributed by atoms with Crippen molar-refractivity contribution in [2.24, 2.45) is 0 Å². The van der Waals surface area contributed by atoms with E-state index in [0.717, 1.165) is 29.6 Å². The summed E-state index contributed by atoms with van der Waals surface area (Å²) in [4.78, 5) is 32.9. The average molecular weight is 421 g/mol. The number of aromatic amines is 1. The Morgan fingerprint density at radius 3 is 2.71 bits per heavy atom. The number of aryl methyl sites for hydroxylation is 1. The SMILES string of the molecule is C=CCCn1cc(-c2cccc(C(=O)N3CCN(CCO)CC3)c2)c2cc[nH]c2c1=O. The fourth-order valence-electron chi connectivity index (χ4n) is 4.14. The van der Waals surface area contributed by atoms with Crippen LogP contribution >= 0.6 is 0 Å². The second-order valence-corrected chi connectivity index (χ2v) is 7.82. The zero-order valence-electron chi connectivity index (χ0n) is 17.6. The number of fused-ring (bicyclic) bond motifs is 1. The van der Waals surface area contributed by atoms with Gasteiger partial charge in [0.15, 0.2) is 0 Å². The number of β-amino-alcohol motifs (C(OH)–C–C–N with tert-alkyl or cyclic N) is 1. The summed E-state index contributed by atoms with van der Waals surface area (Å²) in [5, 5.41) is 9.95. The van der Waals surface area contributed by atoms with Crippen LogP contribution in [0.3, 0.4) is 0 Å². The van der Waals surface area contributed by atoms with Gasteiger partial charge in [0.05, 0.1) is 6.61 Å². The molecular weight excluding hydrogens is 392 g/mol. The summed E-state index contributed by atoms with van der Waals surface area (Å²) >= 11 is 0. The van der Waals surface area contributed by atoms with Crippen molar-refractivity contribution >= 4 is 16.8 Å². The maximum Gasteiger partial charge on any atom is 0.274 e. The van der Waals surface area contributed by atoms with Crippen LogP contribution in [0.4, 0.5) is 0 Å². The zero-order chi connectivity index (χ0) is 21.8. The number of aliphatic hydroxyl groups is 1. The molecule has 0 aliphatic carbocycles. The maximum atomic E-state index is 13.1. The van der Waals surface area contributed by atoms with E-state index in [9.17, 15) is 9.59 Å². The number of nitrogens with zero attached hydrogens (tertiary/aromatic N) is 3. The Hall–Kier alpha value is -3.16. The number of rotatable bonds is 7. The molecule has 162 valence electrons. The topological polar surface area (TPSA) is 81.6 Å². The number of carbonyl (C=O) groups excluding carboxylic acids is 1. The molecule has 1 amide bonds. The molecular formula is C24H28N4O3. The van der Waals surface area contributed by atoms with E-state index in [1.54, 1.807) is 16.8 Å². The third kappa shape index (κ3) is 4.33. The molecule has 1 aliphatic heterocycles. The van der Waals surface area contributed by atoms with Gasteiger partial charge in [-0.2, -0.15) is 0 Å². The quantitative estimate of drug-likeness (QED) is 0.575. The smallest absolute Gasteiger partial charge is 0.274 e. The van der Waals surface area contributed by atoms with E-state index < -0.39 is 0 Å². The molecule has 0 radical (unpaired) electrons. The van der Waals surface area contributed by atoms with Crippen molar-refractivity contribution in [2.75, 3.05) is 39.3 Å². The van der Waals surface area contributed by atoms with Crippen LogP contribution < -0.4 is 5.56 Å². The third-order valence-electron chi connectivity index (χ3n) is 5.87. The maximum absolute atomic E-state index is 13.1. The Bertz CT molecular complexity index is 1140. The number of nitrogens with one attached hydrogen (secondary N) is 1. The number of allylic oxidation sites excluding steroid dienone is 1. The Morgan fingerprint density at radius 2 is 1.97 bits per heavy atom. The molecule has 0 unspecified atom stereocenters. The molecule has 3 heterocycles. The lowest BCUT2D eigenvalue weighted by molar-refractivity contribution is 0.0615. The fourth-order valence-corrected chi connectivity index (χ4v) is 4.14. The normalized spacial score (nSPS) is 14.8. The first-order chi connectivity index (χ1) is 15.1. The summed E-state index contributed by atoms with van der Waals surface area (Å²) in [7, 11) is 0. The van der Waals surface area contributed by atoms with E-state index >= 15 is 0 Å². The monoisotopic (exact) mass is 420 g/mol. The number of piperazine rings is 1. The Morgan fingerprint density at radius 1 is 1.16 bits per heavy atom. The number of H-pyrrole nitrogens is 1. The number of amides is 1. The minimum absolute atomic E-state index is 0.00999. The predicted octanol–water partition coefficient (Wildman–Crippen LogP) is 2.32. The van der Waals surface area contributed by atoms with Crippen LogP contribution in [0.25, 0.3) is 22.0 Å². The van der Waals surface area contributed by atoms with Crippen LogP contribution in [0.2, 0.25) is 0 Å². The lowest BCUT2D eigenvalue weighted by atomic mass is 10.0. The van der Waals surface area contributed by atoms with Gasteiger partial charge in [0, 0.05) is 68.2 Å². The van der Waals surface area contributed by atoms with Crippen molar-refractivity contribution in [1.29, 1.82) is 0 Å². The lowest BCUT2D eigenvalue weighted by Gasteiger charge is -2.34. The number of hydrogen-bond acceptors (Lipinski definition) is 4. The second-order valence-electron chi connectivity index (χ2n) is 7.82. The number of aromatic nitrogens is 2. The number of hydrogen-bond donors (Lipinski definition) is 2. The molecule has 2 N–H and O–H groups in total. The van der Waals surface area contributed by atoms with Gasteiger partial charge in [-0.15, -0.1) is 6.58 Å². The second kappa shape index (κ2) is 9.32. The van der Waals surface area contributed by atoms with E-state index in [2.05, 4.69) is 16.5 Å². The van der Waals surface area contributed by atoms with Crippen molar-refractivity contribution in [1.82, 2.24) is 19.4 Å². The number of carbonyl (C=O) groups is 1. The van der Waals surface area contributed by atoms with Crippen LogP contribution in [0.5, 0.6) is 0 Å². The van der Waals surface area contributed by atoms with Gasteiger partial charge in [-0.25, -0.2) is 0 Å². The van der Waals surface area contributed by atoms with Gasteiger partial charge in [0.25, 0.3) is 11.5 Å². The van der Waals surface area contributed by atoms with Crippen molar-refractivity contribution in [3.63, 3.8) is 0 Å². The number of pyridine rings is 1. The molecule has 4 rings (SSSR count). The van der Waals surface area contributed by atoms with Crippen molar-refractivity contribution < 1.29 is 9.90 Å². The molecule has 1 saturated heterocycles. The van der Waals surface area contributed by atoms with E-state index in [1.165, 1.54) is 0 Å². The first-order valence-corrected chi connectivity index (χ1v) is 10.7. The molecule has 2 aromatic heterocycles. The fraction of sp³-hybridized carbons (Fsp3) is 0.333. The highest BCUT2D eigenvalue weighted by Gasteiger charge is 2.22. The van der Waals surface area contributed by atoms with Gasteiger partial charge >= 0.3 is 0 Å². The van der Waals surface area contributed by atoms with Crippen molar-refractivity contribution in [3.05, 3.63) is 71.3 Å². The van der Waals surface area contributed by atoms with Crippen LogP contribution in [-0.4, -0.2) is 69.7 Å². The summed E-state index contributed by atoms with van der Waals surface area (Å²) < 4.78 is 1.70. The van der Waals surface area contributed by atoms with E-state index in [-0.39, 0.29) is 18.1 Å². The molecule has 7 nitrogen and oxygen atoms in total. The molecule has 0 saturated carbocycles. The third-order valence-corrected chi connectivity index (χ3v) is 5.87. The molecule has 0 atom stereocenters. The van der Waals surface area contributed by atoms with Gasteiger partial charge < -0.3 is 19.6 Å². The standard InChI is InChI=1S/C24H28N4O3/c1-2-3-9-28-17-21(20-7-8-25-22(20)24(28)31)18-5-4-6-19(16-18)23(30)27-12-10-26(11-13-27)14-15-29/h2,4-8,16-17,25,29H,1,3,9-15H2. The van der Waals surface area contributed by atoms with Gasteiger partial charge in [-0.05, 0) is 30.2 Å².